The Morgan fingerprint density at radius 3 is 1.50 bits per heavy atom. The van der Waals surface area contributed by atoms with Gasteiger partial charge < -0.3 is 43.8 Å². The Kier molecular flexibility index (Phi) is 19.4. The van der Waals surface area contributed by atoms with E-state index in [1.807, 2.05) is 111 Å². The van der Waals surface area contributed by atoms with E-state index in [0.717, 1.165) is 117 Å². The number of benzene rings is 5. The van der Waals surface area contributed by atoms with Crippen molar-refractivity contribution in [3.63, 3.8) is 0 Å². The summed E-state index contributed by atoms with van der Waals surface area (Å²) in [6.45, 7) is 8.66. The van der Waals surface area contributed by atoms with E-state index < -0.39 is 22.6 Å². The van der Waals surface area contributed by atoms with Gasteiger partial charge in [-0.2, -0.15) is 15.3 Å². The Hall–Kier alpha value is -14.0. The Morgan fingerprint density at radius 1 is 0.487 bits per heavy atom. The number of nitrogens with zero attached hydrogens (tertiary/aromatic N) is 13. The number of esters is 2. The lowest BCUT2D eigenvalue weighted by atomic mass is 9.77. The van der Waals surface area contributed by atoms with Crippen LogP contribution in [-0.4, -0.2) is 120 Å². The predicted octanol–water partition coefficient (Wildman–Crippen LogP) is 13.9. The van der Waals surface area contributed by atoms with Crippen molar-refractivity contribution in [2.24, 2.45) is 14.1 Å². The molecule has 12 aromatic heterocycles. The van der Waals surface area contributed by atoms with Crippen LogP contribution in [0, 0.1) is 24.4 Å². The number of para-hydroxylation sites is 3. The maximum atomic E-state index is 13.6. The van der Waals surface area contributed by atoms with Crippen LogP contribution in [0.4, 0.5) is 13.2 Å². The van der Waals surface area contributed by atoms with Crippen LogP contribution in [0.25, 0.3) is 66.6 Å². The zero-order valence-electron chi connectivity index (χ0n) is 64.4. The van der Waals surface area contributed by atoms with Gasteiger partial charge in [-0.1, -0.05) is 60.7 Å². The van der Waals surface area contributed by atoms with Gasteiger partial charge in [0.25, 0.3) is 0 Å². The Balaban J connectivity index is 0.000000121. The topological polar surface area (TPSA) is 340 Å². The van der Waals surface area contributed by atoms with E-state index in [0.29, 0.717) is 67.1 Å². The first-order valence-electron chi connectivity index (χ1n) is 38.5. The number of fused-ring (bicyclic) bond motifs is 9. The average molecular weight is 1570 g/mol. The van der Waals surface area contributed by atoms with Crippen molar-refractivity contribution in [3.05, 3.63) is 322 Å². The standard InChI is InChI=1S/C32H28FN7O2.C28H27FN6O2.C27H24FN9O/c1-3-42-31(41)25-9-6-10-28(36-25)32(20-16-35-40(2)18-20)29-23(22-7-4-5-8-24(22)37-29)15-26(39-32)30-34-17-27(38-30)19-11-13-21(33)14-12-19;1-3-37-25(36)13-28(18-14-31-35(2)16-18)26-21(20-6-4-5-7-22(20)32-26)12-23(34-28)27-30-15-24(33-27)17-8-10-19(29)11-9-17;1-3-37-14-16(11-31-37)27(26-36-35-15(2)38-26)24-19(18-6-4-5-7-20(18)32-24)10-22(34-27)25-30-13-23(33-25)21-9-8-17(28)12-29-21/h4-14,16-18,26,37,39H,3,15H2,1-2H3,(H,34,38);4-11,14-16,23,32,34H,3,12-13H2,1-2H3,(H,30,33);4-9,11-14,22,32,34H,3,10H2,1-2H3,(H,30,33)/t26-,32?;23-,28?;22-,27?/m111/s1. The monoisotopic (exact) mass is 1570 g/mol. The van der Waals surface area contributed by atoms with Gasteiger partial charge in [-0.05, 0) is 159 Å². The van der Waals surface area contributed by atoms with Crippen molar-refractivity contribution in [1.82, 2.24) is 110 Å². The molecule has 15 heterocycles. The van der Waals surface area contributed by atoms with E-state index in [4.69, 9.17) is 33.8 Å². The summed E-state index contributed by atoms with van der Waals surface area (Å²) in [6, 6.07) is 44.8. The highest BCUT2D eigenvalue weighted by atomic mass is 19.1. The molecule has 20 rings (SSSR count). The second-order valence-corrected chi connectivity index (χ2v) is 29.2. The SMILES string of the molecule is CCOC(=O)CC1(c2cnn(C)c2)N[C@@H](c2ncc(-c3ccc(F)cc3)[nH]2)Cc2c1[nH]c1ccccc21.CCOC(=O)c1cccc(C2(c3cnn(C)c3)N[C@@H](c3ncc(-c4ccc(F)cc4)[nH]3)Cc3c2[nH]c2ccccc32)n1.CCn1cc(C2(c3nnc(C)o3)N[C@@H](c3ncc(-c4ccc(F)cn4)[nH]3)Cc3c2[nH]c2ccccc32)cn1. The van der Waals surface area contributed by atoms with Gasteiger partial charge in [-0.25, -0.2) is 37.9 Å². The minimum atomic E-state index is -1.02. The molecule has 27 nitrogen and oxygen atoms in total. The smallest absolute Gasteiger partial charge is 0.356 e. The van der Waals surface area contributed by atoms with Crippen LogP contribution in [0.3, 0.4) is 0 Å². The molecule has 0 bridgehead atoms. The number of rotatable bonds is 17. The molecule has 0 amide bonds. The maximum Gasteiger partial charge on any atom is 0.356 e. The summed E-state index contributed by atoms with van der Waals surface area (Å²) in [5.41, 5.74) is 14.2. The summed E-state index contributed by atoms with van der Waals surface area (Å²) in [5, 5.41) is 36.9. The number of aromatic amines is 6. The minimum absolute atomic E-state index is 0.0778. The minimum Gasteiger partial charge on any atom is -0.466 e. The van der Waals surface area contributed by atoms with Crippen LogP contribution >= 0.6 is 0 Å². The van der Waals surface area contributed by atoms with Crippen molar-refractivity contribution in [2.75, 3.05) is 13.2 Å². The zero-order chi connectivity index (χ0) is 80.3. The van der Waals surface area contributed by atoms with Crippen molar-refractivity contribution >= 4 is 44.6 Å². The number of carbonyl (C=O) groups is 2. The molecule has 6 atom stereocenters. The summed E-state index contributed by atoms with van der Waals surface area (Å²) in [4.78, 5) is 70.2. The Morgan fingerprint density at radius 2 is 0.983 bits per heavy atom. The number of aryl methyl sites for hydroxylation is 4. The summed E-state index contributed by atoms with van der Waals surface area (Å²) in [7, 11) is 3.73. The van der Waals surface area contributed by atoms with E-state index in [1.165, 1.54) is 36.5 Å². The molecule has 3 unspecified atom stereocenters. The second-order valence-electron chi connectivity index (χ2n) is 29.2. The van der Waals surface area contributed by atoms with Gasteiger partial charge in [0, 0.05) is 101 Å². The normalized spacial score (nSPS) is 18.8. The van der Waals surface area contributed by atoms with Crippen LogP contribution in [0.15, 0.2) is 218 Å². The number of nitrogens with one attached hydrogen (secondary N) is 9. The number of carbonyl (C=O) groups excluding carboxylic acids is 2. The number of H-pyrrole nitrogens is 6. The molecule has 0 aliphatic carbocycles. The Labute approximate surface area is 666 Å². The molecule has 117 heavy (non-hydrogen) atoms. The van der Waals surface area contributed by atoms with E-state index in [9.17, 15) is 22.8 Å². The lowest BCUT2D eigenvalue weighted by Gasteiger charge is -2.41. The summed E-state index contributed by atoms with van der Waals surface area (Å²) in [5.74, 6) is 1.28. The molecule has 0 fully saturated rings. The fourth-order valence-corrected chi connectivity index (χ4v) is 16.7. The van der Waals surface area contributed by atoms with Crippen LogP contribution in [0.2, 0.25) is 0 Å². The number of imidazole rings is 3. The number of pyridine rings is 2. The van der Waals surface area contributed by atoms with Crippen molar-refractivity contribution in [2.45, 2.75) is 94.7 Å². The fourth-order valence-electron chi connectivity index (χ4n) is 16.7. The molecule has 0 spiro atoms. The molecule has 0 saturated carbocycles. The maximum absolute atomic E-state index is 13.6. The highest BCUT2D eigenvalue weighted by molar-refractivity contribution is 5.90. The van der Waals surface area contributed by atoms with Gasteiger partial charge >= 0.3 is 11.9 Å². The van der Waals surface area contributed by atoms with Crippen LogP contribution in [0.1, 0.15) is 141 Å². The highest BCUT2D eigenvalue weighted by Gasteiger charge is 2.53. The van der Waals surface area contributed by atoms with Crippen LogP contribution < -0.4 is 16.0 Å². The van der Waals surface area contributed by atoms with Crippen LogP contribution in [0.5, 0.6) is 0 Å². The number of halogens is 3. The highest BCUT2D eigenvalue weighted by Crippen LogP contribution is 2.50. The van der Waals surface area contributed by atoms with Gasteiger partial charge in [-0.3, -0.25) is 39.8 Å². The van der Waals surface area contributed by atoms with E-state index in [-0.39, 0.29) is 60.3 Å². The first kappa shape index (κ1) is 74.4. The molecule has 5 aromatic carbocycles. The summed E-state index contributed by atoms with van der Waals surface area (Å²) < 4.78 is 62.7. The third-order valence-electron chi connectivity index (χ3n) is 22.0. The zero-order valence-corrected chi connectivity index (χ0v) is 64.4. The molecular weight excluding hydrogens is 1490 g/mol. The summed E-state index contributed by atoms with van der Waals surface area (Å²) in [6.07, 6.45) is 19.8. The Bertz CT molecular complexity index is 6500. The van der Waals surface area contributed by atoms with Gasteiger partial charge in [0.2, 0.25) is 11.8 Å². The lowest BCUT2D eigenvalue weighted by Crippen LogP contribution is -2.51. The first-order valence-corrected chi connectivity index (χ1v) is 38.5. The number of aromatic nitrogens is 19. The van der Waals surface area contributed by atoms with Crippen molar-refractivity contribution < 1.29 is 36.7 Å². The lowest BCUT2D eigenvalue weighted by molar-refractivity contribution is -0.144. The molecular formula is C87H79F3N22O5. The van der Waals surface area contributed by atoms with Crippen molar-refractivity contribution in [3.8, 4) is 33.9 Å². The molecule has 3 aliphatic heterocycles. The molecule has 30 heteroatoms. The van der Waals surface area contributed by atoms with Gasteiger partial charge in [0.1, 0.15) is 46.2 Å². The van der Waals surface area contributed by atoms with E-state index in [2.05, 4.69) is 107 Å². The first-order chi connectivity index (χ1) is 57.0. The summed E-state index contributed by atoms with van der Waals surface area (Å²) >= 11 is 0. The second kappa shape index (κ2) is 30.4. The van der Waals surface area contributed by atoms with Crippen molar-refractivity contribution in [1.29, 1.82) is 0 Å². The molecule has 0 saturated heterocycles. The fraction of sp³-hybridized carbons (Fsp3) is 0.218. The van der Waals surface area contributed by atoms with Crippen LogP contribution in [-0.2, 0) is 70.8 Å². The number of hydrogen-bond donors (Lipinski definition) is 9. The predicted molar refractivity (Wildman–Crippen MR) is 429 cm³/mol. The van der Waals surface area contributed by atoms with Gasteiger partial charge in [-0.15, -0.1) is 10.2 Å². The molecule has 588 valence electrons. The van der Waals surface area contributed by atoms with Gasteiger partial charge in [0.15, 0.2) is 5.54 Å². The van der Waals surface area contributed by atoms with E-state index >= 15 is 0 Å². The largest absolute Gasteiger partial charge is 0.466 e. The van der Waals surface area contributed by atoms with E-state index in [1.54, 1.807) is 91.3 Å². The number of hydrogen-bond acceptors (Lipinski definition) is 18. The quantitative estimate of drug-likeness (QED) is 0.0382. The third kappa shape index (κ3) is 13.6. The molecule has 9 N–H and O–H groups in total. The number of ether oxygens (including phenoxy) is 2. The van der Waals surface area contributed by atoms with Gasteiger partial charge in [0.05, 0.1) is 127 Å². The average Bonchev–Trinajstić information content (AvgIpc) is 1.59. The molecule has 0 radical (unpaired) electrons. The molecule has 3 aliphatic rings. The molecule has 17 aromatic rings. The third-order valence-corrected chi connectivity index (χ3v) is 22.0.